The highest BCUT2D eigenvalue weighted by Crippen LogP contribution is 2.32. The van der Waals surface area contributed by atoms with Crippen molar-refractivity contribution in [1.29, 1.82) is 0 Å². The van der Waals surface area contributed by atoms with Gasteiger partial charge < -0.3 is 24.6 Å². The van der Waals surface area contributed by atoms with Crippen LogP contribution in [0.3, 0.4) is 0 Å². The molecule has 0 unspecified atom stereocenters. The Balaban J connectivity index is 1.20. The van der Waals surface area contributed by atoms with Crippen LogP contribution >= 0.6 is 0 Å². The minimum Gasteiger partial charge on any atom is -0.378 e. The molecule has 1 aliphatic carbocycles. The highest BCUT2D eigenvalue weighted by molar-refractivity contribution is 5.88. The molecule has 3 fully saturated rings. The number of fused-ring (bicyclic) bond motifs is 1. The molecule has 182 valence electrons. The molecule has 1 atom stereocenters. The molecular weight excluding hydrogens is 444 g/mol. The van der Waals surface area contributed by atoms with Crippen molar-refractivity contribution in [2.75, 3.05) is 62.8 Å². The zero-order chi connectivity index (χ0) is 23.6. The maximum absolute atomic E-state index is 12.5. The molecule has 1 N–H and O–H groups in total. The predicted octanol–water partition coefficient (Wildman–Crippen LogP) is 2.58. The number of anilines is 2. The van der Waals surface area contributed by atoms with E-state index in [-0.39, 0.29) is 17.9 Å². The second kappa shape index (κ2) is 9.75. The number of hydrogen-bond acceptors (Lipinski definition) is 8. The van der Waals surface area contributed by atoms with Crippen molar-refractivity contribution in [2.45, 2.75) is 18.9 Å². The van der Waals surface area contributed by atoms with Crippen LogP contribution in [0, 0.1) is 5.92 Å². The van der Waals surface area contributed by atoms with Gasteiger partial charge in [0.25, 0.3) is 0 Å². The maximum Gasteiger partial charge on any atom is 0.225 e. The van der Waals surface area contributed by atoms with Gasteiger partial charge >= 0.3 is 0 Å². The highest BCUT2D eigenvalue weighted by atomic mass is 16.5. The third-order valence-electron chi connectivity index (χ3n) is 6.87. The summed E-state index contributed by atoms with van der Waals surface area (Å²) in [6, 6.07) is 10.5. The zero-order valence-corrected chi connectivity index (χ0v) is 19.7. The number of benzene rings is 1. The van der Waals surface area contributed by atoms with E-state index in [1.165, 1.54) is 5.69 Å². The summed E-state index contributed by atoms with van der Waals surface area (Å²) in [6.45, 7) is 5.73. The van der Waals surface area contributed by atoms with Crippen LogP contribution in [0.2, 0.25) is 0 Å². The number of morpholine rings is 2. The Morgan fingerprint density at radius 3 is 2.63 bits per heavy atom. The van der Waals surface area contributed by atoms with Gasteiger partial charge in [0.1, 0.15) is 5.52 Å². The minimum atomic E-state index is -0.0866. The van der Waals surface area contributed by atoms with Gasteiger partial charge in [0.05, 0.1) is 37.1 Å². The number of hydrogen-bond donors (Lipinski definition) is 1. The van der Waals surface area contributed by atoms with Crippen molar-refractivity contribution in [3.05, 3.63) is 42.7 Å². The average molecular weight is 475 g/mol. The van der Waals surface area contributed by atoms with Gasteiger partial charge in [-0.15, -0.1) is 0 Å². The first-order chi connectivity index (χ1) is 17.2. The molecule has 3 aromatic rings. The molecule has 0 bridgehead atoms. The van der Waals surface area contributed by atoms with Crippen LogP contribution in [0.15, 0.2) is 42.7 Å². The van der Waals surface area contributed by atoms with E-state index in [1.807, 2.05) is 11.0 Å². The monoisotopic (exact) mass is 474 g/mol. The van der Waals surface area contributed by atoms with E-state index < -0.39 is 0 Å². The molecular formula is C26H30N6O3. The number of pyridine rings is 1. The molecule has 2 aromatic heterocycles. The van der Waals surface area contributed by atoms with Gasteiger partial charge in [-0.05, 0) is 31.0 Å². The number of nitrogens with zero attached hydrogens (tertiary/aromatic N) is 5. The first-order valence-electron chi connectivity index (χ1n) is 12.4. The van der Waals surface area contributed by atoms with Crippen LogP contribution < -0.4 is 10.2 Å². The van der Waals surface area contributed by atoms with E-state index in [2.05, 4.69) is 44.5 Å². The van der Waals surface area contributed by atoms with Gasteiger partial charge in [-0.1, -0.05) is 12.1 Å². The molecule has 0 radical (unpaired) electrons. The summed E-state index contributed by atoms with van der Waals surface area (Å²) in [6.07, 6.45) is 5.33. The molecule has 35 heavy (non-hydrogen) atoms. The Hall–Kier alpha value is -3.30. The number of nitrogens with one attached hydrogen (secondary N) is 1. The van der Waals surface area contributed by atoms with Gasteiger partial charge in [0.15, 0.2) is 5.82 Å². The maximum atomic E-state index is 12.5. The summed E-state index contributed by atoms with van der Waals surface area (Å²) in [7, 11) is 0. The molecule has 0 spiro atoms. The molecule has 1 saturated carbocycles. The molecule has 9 heteroatoms. The fourth-order valence-corrected chi connectivity index (χ4v) is 4.75. The van der Waals surface area contributed by atoms with Crippen LogP contribution in [0.25, 0.3) is 22.3 Å². The lowest BCUT2D eigenvalue weighted by Crippen LogP contribution is -2.48. The molecule has 9 nitrogen and oxygen atoms in total. The standard InChI is InChI=1S/C26H30N6O3/c33-26(19-1-2-19)32-11-14-35-21(17-32)16-29-25-24-23(27-7-8-28-24)15-22(30-25)18-3-5-20(6-4-18)31-9-12-34-13-10-31/h3-8,15,19,21H,1-2,9-14,16-17H2,(H,29,30)/t21-/m1/s1. The second-order valence-electron chi connectivity index (χ2n) is 9.36. The summed E-state index contributed by atoms with van der Waals surface area (Å²) >= 11 is 0. The first kappa shape index (κ1) is 22.2. The fraction of sp³-hybridized carbons (Fsp3) is 0.462. The summed E-state index contributed by atoms with van der Waals surface area (Å²) in [5.41, 5.74) is 4.56. The fourth-order valence-electron chi connectivity index (χ4n) is 4.75. The van der Waals surface area contributed by atoms with E-state index in [4.69, 9.17) is 14.5 Å². The van der Waals surface area contributed by atoms with Crippen LogP contribution in [0.1, 0.15) is 12.8 Å². The smallest absolute Gasteiger partial charge is 0.225 e. The van der Waals surface area contributed by atoms with Gasteiger partial charge in [-0.3, -0.25) is 9.78 Å². The number of aromatic nitrogens is 3. The second-order valence-corrected chi connectivity index (χ2v) is 9.36. The van der Waals surface area contributed by atoms with Gasteiger partial charge in [0, 0.05) is 62.3 Å². The largest absolute Gasteiger partial charge is 0.378 e. The van der Waals surface area contributed by atoms with Crippen molar-refractivity contribution >= 4 is 28.4 Å². The SMILES string of the molecule is O=C(C1CC1)N1CCO[C@H](CNc2nc(-c3ccc(N4CCOCC4)cc3)cc3nccnc23)C1. The zero-order valence-electron chi connectivity index (χ0n) is 19.7. The Bertz CT molecular complexity index is 1190. The van der Waals surface area contributed by atoms with Gasteiger partial charge in [-0.25, -0.2) is 9.97 Å². The quantitative estimate of drug-likeness (QED) is 0.583. The van der Waals surface area contributed by atoms with E-state index in [9.17, 15) is 4.79 Å². The Morgan fingerprint density at radius 1 is 1.03 bits per heavy atom. The molecule has 3 aliphatic rings. The molecule has 1 amide bonds. The van der Waals surface area contributed by atoms with Crippen molar-refractivity contribution in [2.24, 2.45) is 5.92 Å². The Kier molecular flexibility index (Phi) is 6.18. The van der Waals surface area contributed by atoms with Crippen molar-refractivity contribution < 1.29 is 14.3 Å². The van der Waals surface area contributed by atoms with Crippen LogP contribution in [0.4, 0.5) is 11.5 Å². The first-order valence-corrected chi connectivity index (χ1v) is 12.4. The number of ether oxygens (including phenoxy) is 2. The van der Waals surface area contributed by atoms with E-state index >= 15 is 0 Å². The Morgan fingerprint density at radius 2 is 1.83 bits per heavy atom. The number of rotatable bonds is 6. The minimum absolute atomic E-state index is 0.0866. The third kappa shape index (κ3) is 4.92. The Labute approximate surface area is 204 Å². The van der Waals surface area contributed by atoms with Gasteiger partial charge in [0.2, 0.25) is 5.91 Å². The third-order valence-corrected chi connectivity index (χ3v) is 6.87. The van der Waals surface area contributed by atoms with Crippen molar-refractivity contribution in [3.63, 3.8) is 0 Å². The summed E-state index contributed by atoms with van der Waals surface area (Å²) in [5.74, 6) is 1.18. The van der Waals surface area contributed by atoms with E-state index in [0.29, 0.717) is 32.1 Å². The number of carbonyl (C=O) groups is 1. The van der Waals surface area contributed by atoms with Crippen molar-refractivity contribution in [1.82, 2.24) is 19.9 Å². The number of carbonyl (C=O) groups excluding carboxylic acids is 1. The molecule has 1 aromatic carbocycles. The lowest BCUT2D eigenvalue weighted by Gasteiger charge is -2.33. The molecule has 2 saturated heterocycles. The van der Waals surface area contributed by atoms with Crippen molar-refractivity contribution in [3.8, 4) is 11.3 Å². The van der Waals surface area contributed by atoms with Crippen LogP contribution in [-0.4, -0.2) is 84.4 Å². The van der Waals surface area contributed by atoms with Crippen LogP contribution in [-0.2, 0) is 14.3 Å². The summed E-state index contributed by atoms with van der Waals surface area (Å²) < 4.78 is 11.4. The topological polar surface area (TPSA) is 92.7 Å². The highest BCUT2D eigenvalue weighted by Gasteiger charge is 2.35. The van der Waals surface area contributed by atoms with E-state index in [1.54, 1.807) is 12.4 Å². The van der Waals surface area contributed by atoms with E-state index in [0.717, 1.165) is 61.4 Å². The lowest BCUT2D eigenvalue weighted by atomic mass is 10.1. The average Bonchev–Trinajstić information content (AvgIpc) is 3.78. The summed E-state index contributed by atoms with van der Waals surface area (Å²) in [4.78, 5) is 30.7. The molecule has 2 aliphatic heterocycles. The molecule has 4 heterocycles. The normalized spacial score (nSPS) is 20.7. The lowest BCUT2D eigenvalue weighted by molar-refractivity contribution is -0.139. The van der Waals surface area contributed by atoms with Crippen LogP contribution in [0.5, 0.6) is 0 Å². The predicted molar refractivity (Wildman–Crippen MR) is 133 cm³/mol. The number of amides is 1. The molecule has 6 rings (SSSR count). The summed E-state index contributed by atoms with van der Waals surface area (Å²) in [5, 5.41) is 3.44. The van der Waals surface area contributed by atoms with Gasteiger partial charge in [-0.2, -0.15) is 0 Å².